The first kappa shape index (κ1) is 14.0. The van der Waals surface area contributed by atoms with E-state index in [4.69, 9.17) is 4.74 Å². The summed E-state index contributed by atoms with van der Waals surface area (Å²) in [5, 5.41) is 12.6. The second-order valence-electron chi connectivity index (χ2n) is 5.49. The molecule has 0 aromatic heterocycles. The quantitative estimate of drug-likeness (QED) is 0.867. The smallest absolute Gasteiger partial charge is 0.252 e. The third-order valence-electron chi connectivity index (χ3n) is 3.82. The molecule has 0 aliphatic carbocycles. The fraction of sp³-hybridized carbons (Fsp3) is 0.533. The van der Waals surface area contributed by atoms with E-state index in [1.165, 1.54) is 0 Å². The zero-order valence-corrected chi connectivity index (χ0v) is 11.5. The molecule has 19 heavy (non-hydrogen) atoms. The monoisotopic (exact) mass is 263 g/mol. The Morgan fingerprint density at radius 3 is 2.68 bits per heavy atom. The van der Waals surface area contributed by atoms with E-state index in [0.29, 0.717) is 6.61 Å². The van der Waals surface area contributed by atoms with Crippen molar-refractivity contribution in [1.29, 1.82) is 0 Å². The zero-order chi connectivity index (χ0) is 13.9. The van der Waals surface area contributed by atoms with Crippen LogP contribution in [0.2, 0.25) is 0 Å². The van der Waals surface area contributed by atoms with Gasteiger partial charge in [-0.15, -0.1) is 0 Å². The summed E-state index contributed by atoms with van der Waals surface area (Å²) in [5.74, 6) is -0.162. The number of nitrogens with one attached hydrogen (secondary N) is 1. The predicted molar refractivity (Wildman–Crippen MR) is 72.6 cm³/mol. The Hall–Kier alpha value is -1.39. The number of hydrogen-bond acceptors (Lipinski definition) is 3. The molecule has 1 saturated heterocycles. The molecule has 1 aliphatic heterocycles. The van der Waals surface area contributed by atoms with Crippen LogP contribution >= 0.6 is 0 Å². The summed E-state index contributed by atoms with van der Waals surface area (Å²) in [6.45, 7) is 4.08. The summed E-state index contributed by atoms with van der Waals surface area (Å²) in [6, 6.07) is 9.49. The summed E-state index contributed by atoms with van der Waals surface area (Å²) in [4.78, 5) is 12.4. The van der Waals surface area contributed by atoms with Gasteiger partial charge in [-0.3, -0.25) is 4.79 Å². The lowest BCUT2D eigenvalue weighted by molar-refractivity contribution is -0.142. The number of carbonyl (C=O) groups is 1. The van der Waals surface area contributed by atoms with Crippen molar-refractivity contribution in [3.8, 4) is 0 Å². The summed E-state index contributed by atoms with van der Waals surface area (Å²) >= 11 is 0. The molecule has 0 bridgehead atoms. The number of rotatable bonds is 4. The highest BCUT2D eigenvalue weighted by Crippen LogP contribution is 2.28. The summed E-state index contributed by atoms with van der Waals surface area (Å²) in [7, 11) is 0. The van der Waals surface area contributed by atoms with E-state index in [9.17, 15) is 9.90 Å². The molecule has 0 spiro atoms. The molecule has 104 valence electrons. The number of aliphatic hydroxyl groups excluding tert-OH is 1. The maximum absolute atomic E-state index is 12.4. The van der Waals surface area contributed by atoms with Crippen LogP contribution in [-0.2, 0) is 15.1 Å². The number of carbonyl (C=O) groups excluding carboxylic acids is 1. The van der Waals surface area contributed by atoms with Gasteiger partial charge in [-0.25, -0.2) is 0 Å². The SMILES string of the molecule is CC1(C(=O)NC(C)(CO)c2ccccc2)CCCO1. The highest BCUT2D eigenvalue weighted by Gasteiger charge is 2.41. The standard InChI is InChI=1S/C15H21NO3/c1-14(11-17,12-7-4-3-5-8-12)16-13(18)15(2)9-6-10-19-15/h3-5,7-8,17H,6,9-11H2,1-2H3,(H,16,18). The molecule has 1 aliphatic rings. The van der Waals surface area contributed by atoms with Gasteiger partial charge < -0.3 is 15.2 Å². The Morgan fingerprint density at radius 2 is 2.16 bits per heavy atom. The number of amides is 1. The van der Waals surface area contributed by atoms with Gasteiger partial charge in [0.1, 0.15) is 5.60 Å². The van der Waals surface area contributed by atoms with Gasteiger partial charge in [0.15, 0.2) is 0 Å². The lowest BCUT2D eigenvalue weighted by Gasteiger charge is -2.33. The fourth-order valence-electron chi connectivity index (χ4n) is 2.35. The number of hydrogen-bond donors (Lipinski definition) is 2. The Kier molecular flexibility index (Phi) is 3.92. The molecule has 0 radical (unpaired) electrons. The zero-order valence-electron chi connectivity index (χ0n) is 11.5. The minimum Gasteiger partial charge on any atom is -0.394 e. The molecule has 0 saturated carbocycles. The lowest BCUT2D eigenvalue weighted by atomic mass is 9.91. The second kappa shape index (κ2) is 5.31. The van der Waals surface area contributed by atoms with Gasteiger partial charge in [0, 0.05) is 6.61 Å². The average Bonchev–Trinajstić information content (AvgIpc) is 2.88. The molecule has 4 nitrogen and oxygen atoms in total. The molecular formula is C15H21NO3. The number of ether oxygens (including phenoxy) is 1. The first-order valence-corrected chi connectivity index (χ1v) is 6.63. The van der Waals surface area contributed by atoms with Crippen molar-refractivity contribution in [3.63, 3.8) is 0 Å². The van der Waals surface area contributed by atoms with Crippen LogP contribution in [0, 0.1) is 0 Å². The highest BCUT2D eigenvalue weighted by molar-refractivity contribution is 5.85. The topological polar surface area (TPSA) is 58.6 Å². The summed E-state index contributed by atoms with van der Waals surface area (Å²) < 4.78 is 5.53. The molecule has 1 amide bonds. The van der Waals surface area contributed by atoms with Gasteiger partial charge in [0.25, 0.3) is 5.91 Å². The van der Waals surface area contributed by atoms with Gasteiger partial charge in [0.05, 0.1) is 12.1 Å². The third-order valence-corrected chi connectivity index (χ3v) is 3.82. The van der Waals surface area contributed by atoms with Crippen molar-refractivity contribution in [3.05, 3.63) is 35.9 Å². The predicted octanol–water partition coefficient (Wildman–Crippen LogP) is 1.58. The Morgan fingerprint density at radius 1 is 1.47 bits per heavy atom. The molecule has 4 heteroatoms. The van der Waals surface area contributed by atoms with Gasteiger partial charge >= 0.3 is 0 Å². The van der Waals surface area contributed by atoms with E-state index in [0.717, 1.165) is 18.4 Å². The van der Waals surface area contributed by atoms with Crippen LogP contribution in [0.5, 0.6) is 0 Å². The van der Waals surface area contributed by atoms with E-state index in [1.54, 1.807) is 6.92 Å². The molecule has 2 N–H and O–H groups in total. The van der Waals surface area contributed by atoms with E-state index in [1.807, 2.05) is 37.3 Å². The van der Waals surface area contributed by atoms with Crippen molar-refractivity contribution in [2.24, 2.45) is 0 Å². The van der Waals surface area contributed by atoms with Crippen molar-refractivity contribution in [2.75, 3.05) is 13.2 Å². The van der Waals surface area contributed by atoms with Crippen molar-refractivity contribution < 1.29 is 14.6 Å². The summed E-state index contributed by atoms with van der Waals surface area (Å²) in [5.41, 5.74) is -0.675. The van der Waals surface area contributed by atoms with Crippen LogP contribution in [0.15, 0.2) is 30.3 Å². The van der Waals surface area contributed by atoms with Gasteiger partial charge in [0.2, 0.25) is 0 Å². The fourth-order valence-corrected chi connectivity index (χ4v) is 2.35. The highest BCUT2D eigenvalue weighted by atomic mass is 16.5. The number of aliphatic hydroxyl groups is 1. The Bertz CT molecular complexity index is 440. The Balaban J connectivity index is 2.17. The van der Waals surface area contributed by atoms with Crippen LogP contribution in [0.3, 0.4) is 0 Å². The van der Waals surface area contributed by atoms with Crippen LogP contribution in [0.4, 0.5) is 0 Å². The van der Waals surface area contributed by atoms with Gasteiger partial charge in [-0.2, -0.15) is 0 Å². The molecule has 1 aromatic carbocycles. The normalized spacial score (nSPS) is 25.8. The van der Waals surface area contributed by atoms with Gasteiger partial charge in [-0.05, 0) is 32.3 Å². The van der Waals surface area contributed by atoms with Crippen LogP contribution in [-0.4, -0.2) is 29.8 Å². The van der Waals surface area contributed by atoms with Crippen LogP contribution in [0.1, 0.15) is 32.3 Å². The molecule has 1 heterocycles. The largest absolute Gasteiger partial charge is 0.394 e. The van der Waals surface area contributed by atoms with Crippen molar-refractivity contribution in [1.82, 2.24) is 5.32 Å². The summed E-state index contributed by atoms with van der Waals surface area (Å²) in [6.07, 6.45) is 1.61. The molecule has 1 fully saturated rings. The second-order valence-corrected chi connectivity index (χ2v) is 5.49. The van der Waals surface area contributed by atoms with Crippen LogP contribution < -0.4 is 5.32 Å². The maximum atomic E-state index is 12.4. The van der Waals surface area contributed by atoms with Crippen LogP contribution in [0.25, 0.3) is 0 Å². The molecule has 2 unspecified atom stereocenters. The number of benzene rings is 1. The lowest BCUT2D eigenvalue weighted by Crippen LogP contribution is -2.54. The van der Waals surface area contributed by atoms with Gasteiger partial charge in [-0.1, -0.05) is 30.3 Å². The van der Waals surface area contributed by atoms with Crippen molar-refractivity contribution in [2.45, 2.75) is 37.8 Å². The molecule has 1 aromatic rings. The van der Waals surface area contributed by atoms with E-state index >= 15 is 0 Å². The van der Waals surface area contributed by atoms with E-state index in [2.05, 4.69) is 5.32 Å². The molecule has 2 atom stereocenters. The Labute approximate surface area is 113 Å². The maximum Gasteiger partial charge on any atom is 0.252 e. The van der Waals surface area contributed by atoms with E-state index in [-0.39, 0.29) is 12.5 Å². The first-order chi connectivity index (χ1) is 9.00. The minimum absolute atomic E-state index is 0.154. The minimum atomic E-state index is -0.784. The molecular weight excluding hydrogens is 242 g/mol. The first-order valence-electron chi connectivity index (χ1n) is 6.63. The molecule has 2 rings (SSSR count). The average molecular weight is 263 g/mol. The van der Waals surface area contributed by atoms with E-state index < -0.39 is 11.1 Å². The van der Waals surface area contributed by atoms with Crippen molar-refractivity contribution >= 4 is 5.91 Å². The third kappa shape index (κ3) is 2.80.